The predicted octanol–water partition coefficient (Wildman–Crippen LogP) is 4.38. The SMILES string of the molecule is Cc1cccc(C(=O)CC2=CCCCC2)c1C. The summed E-state index contributed by atoms with van der Waals surface area (Å²) in [7, 11) is 0. The molecule has 0 aliphatic heterocycles. The molecule has 1 heteroatoms. The van der Waals surface area contributed by atoms with Crippen molar-refractivity contribution < 1.29 is 4.79 Å². The van der Waals surface area contributed by atoms with Gasteiger partial charge in [-0.2, -0.15) is 0 Å². The number of ketones is 1. The molecule has 0 fully saturated rings. The van der Waals surface area contributed by atoms with Crippen LogP contribution in [0.4, 0.5) is 0 Å². The molecule has 0 amide bonds. The van der Waals surface area contributed by atoms with E-state index in [-0.39, 0.29) is 5.78 Å². The summed E-state index contributed by atoms with van der Waals surface area (Å²) in [5, 5.41) is 0. The summed E-state index contributed by atoms with van der Waals surface area (Å²) in [5.74, 6) is 0.277. The summed E-state index contributed by atoms with van der Waals surface area (Å²) in [6.07, 6.45) is 7.65. The summed E-state index contributed by atoms with van der Waals surface area (Å²) >= 11 is 0. The Kier molecular flexibility index (Phi) is 3.78. The predicted molar refractivity (Wildman–Crippen MR) is 71.4 cm³/mol. The topological polar surface area (TPSA) is 17.1 Å². The van der Waals surface area contributed by atoms with Gasteiger partial charge >= 0.3 is 0 Å². The zero-order chi connectivity index (χ0) is 12.3. The smallest absolute Gasteiger partial charge is 0.167 e. The molecular formula is C16H20O. The highest BCUT2D eigenvalue weighted by molar-refractivity contribution is 5.99. The van der Waals surface area contributed by atoms with Crippen LogP contribution >= 0.6 is 0 Å². The maximum absolute atomic E-state index is 12.2. The largest absolute Gasteiger partial charge is 0.294 e. The van der Waals surface area contributed by atoms with Crippen LogP contribution in [-0.2, 0) is 0 Å². The highest BCUT2D eigenvalue weighted by atomic mass is 16.1. The number of carbonyl (C=O) groups is 1. The second kappa shape index (κ2) is 5.31. The second-order valence-electron chi connectivity index (χ2n) is 4.96. The van der Waals surface area contributed by atoms with Crippen molar-refractivity contribution in [3.63, 3.8) is 0 Å². The van der Waals surface area contributed by atoms with Gasteiger partial charge in [-0.3, -0.25) is 4.79 Å². The maximum Gasteiger partial charge on any atom is 0.167 e. The lowest BCUT2D eigenvalue weighted by atomic mass is 9.91. The third-order valence-corrected chi connectivity index (χ3v) is 3.68. The number of hydrogen-bond donors (Lipinski definition) is 0. The van der Waals surface area contributed by atoms with Crippen LogP contribution in [0.25, 0.3) is 0 Å². The maximum atomic E-state index is 12.2. The number of benzene rings is 1. The fraction of sp³-hybridized carbons (Fsp3) is 0.438. The Hall–Kier alpha value is -1.37. The number of aryl methyl sites for hydroxylation is 1. The first-order chi connectivity index (χ1) is 8.18. The summed E-state index contributed by atoms with van der Waals surface area (Å²) < 4.78 is 0. The van der Waals surface area contributed by atoms with Crippen molar-refractivity contribution in [3.8, 4) is 0 Å². The van der Waals surface area contributed by atoms with E-state index in [4.69, 9.17) is 0 Å². The van der Waals surface area contributed by atoms with Crippen molar-refractivity contribution in [1.29, 1.82) is 0 Å². The van der Waals surface area contributed by atoms with Gasteiger partial charge in [0.2, 0.25) is 0 Å². The zero-order valence-electron chi connectivity index (χ0n) is 10.8. The van der Waals surface area contributed by atoms with Gasteiger partial charge < -0.3 is 0 Å². The van der Waals surface area contributed by atoms with Crippen LogP contribution in [0, 0.1) is 13.8 Å². The van der Waals surface area contributed by atoms with E-state index in [1.807, 2.05) is 19.1 Å². The van der Waals surface area contributed by atoms with Crippen molar-refractivity contribution in [1.82, 2.24) is 0 Å². The van der Waals surface area contributed by atoms with Gasteiger partial charge in [0.05, 0.1) is 0 Å². The van der Waals surface area contributed by atoms with Gasteiger partial charge in [0.25, 0.3) is 0 Å². The van der Waals surface area contributed by atoms with Crippen molar-refractivity contribution in [3.05, 3.63) is 46.5 Å². The molecule has 2 rings (SSSR count). The first-order valence-electron chi connectivity index (χ1n) is 6.46. The quantitative estimate of drug-likeness (QED) is 0.554. The van der Waals surface area contributed by atoms with Crippen LogP contribution in [0.5, 0.6) is 0 Å². The van der Waals surface area contributed by atoms with Crippen LogP contribution in [0.15, 0.2) is 29.8 Å². The molecule has 1 aliphatic rings. The van der Waals surface area contributed by atoms with Crippen LogP contribution in [0.1, 0.15) is 53.6 Å². The van der Waals surface area contributed by atoms with E-state index in [0.29, 0.717) is 6.42 Å². The molecule has 17 heavy (non-hydrogen) atoms. The lowest BCUT2D eigenvalue weighted by molar-refractivity contribution is 0.0991. The Labute approximate surface area is 104 Å². The summed E-state index contributed by atoms with van der Waals surface area (Å²) in [5.41, 5.74) is 4.57. The lowest BCUT2D eigenvalue weighted by Gasteiger charge is -2.13. The monoisotopic (exact) mass is 228 g/mol. The molecule has 0 heterocycles. The van der Waals surface area contributed by atoms with Gasteiger partial charge in [0.15, 0.2) is 5.78 Å². The third kappa shape index (κ3) is 2.85. The highest BCUT2D eigenvalue weighted by Crippen LogP contribution is 2.23. The van der Waals surface area contributed by atoms with Gasteiger partial charge in [-0.05, 0) is 50.7 Å². The Morgan fingerprint density at radius 2 is 2.06 bits per heavy atom. The standard InChI is InChI=1S/C16H20O/c1-12-7-6-10-15(13(12)2)16(17)11-14-8-4-3-5-9-14/h6-8,10H,3-5,9,11H2,1-2H3. The summed E-state index contributed by atoms with van der Waals surface area (Å²) in [6, 6.07) is 5.99. The minimum absolute atomic E-state index is 0.277. The number of allylic oxidation sites excluding steroid dienone is 2. The van der Waals surface area contributed by atoms with E-state index in [0.717, 1.165) is 24.0 Å². The van der Waals surface area contributed by atoms with E-state index in [9.17, 15) is 4.79 Å². The molecule has 0 saturated heterocycles. The molecule has 1 aromatic carbocycles. The van der Waals surface area contributed by atoms with Crippen molar-refractivity contribution in [2.45, 2.75) is 46.0 Å². The average molecular weight is 228 g/mol. The molecule has 1 aliphatic carbocycles. The average Bonchev–Trinajstić information content (AvgIpc) is 2.34. The molecule has 90 valence electrons. The van der Waals surface area contributed by atoms with Crippen LogP contribution in [0.2, 0.25) is 0 Å². The van der Waals surface area contributed by atoms with Gasteiger partial charge in [-0.15, -0.1) is 0 Å². The molecule has 0 saturated carbocycles. The summed E-state index contributed by atoms with van der Waals surface area (Å²) in [6.45, 7) is 4.10. The first kappa shape index (κ1) is 12.1. The molecule has 1 aromatic rings. The van der Waals surface area contributed by atoms with Crippen LogP contribution in [0.3, 0.4) is 0 Å². The number of hydrogen-bond acceptors (Lipinski definition) is 1. The Morgan fingerprint density at radius 3 is 2.76 bits per heavy atom. The van der Waals surface area contributed by atoms with Crippen LogP contribution in [-0.4, -0.2) is 5.78 Å². The van der Waals surface area contributed by atoms with Gasteiger partial charge in [-0.1, -0.05) is 29.8 Å². The van der Waals surface area contributed by atoms with E-state index in [1.54, 1.807) is 0 Å². The molecule has 0 N–H and O–H groups in total. The minimum Gasteiger partial charge on any atom is -0.294 e. The van der Waals surface area contributed by atoms with E-state index < -0.39 is 0 Å². The minimum atomic E-state index is 0.277. The van der Waals surface area contributed by atoms with E-state index >= 15 is 0 Å². The van der Waals surface area contributed by atoms with Crippen LogP contribution < -0.4 is 0 Å². The molecule has 0 unspecified atom stereocenters. The van der Waals surface area contributed by atoms with Crippen molar-refractivity contribution in [2.24, 2.45) is 0 Å². The number of carbonyl (C=O) groups excluding carboxylic acids is 1. The zero-order valence-corrected chi connectivity index (χ0v) is 10.8. The third-order valence-electron chi connectivity index (χ3n) is 3.68. The van der Waals surface area contributed by atoms with Gasteiger partial charge in [-0.25, -0.2) is 0 Å². The normalized spacial score (nSPS) is 15.5. The lowest BCUT2D eigenvalue weighted by Crippen LogP contribution is -2.05. The fourth-order valence-electron chi connectivity index (χ4n) is 2.42. The fourth-order valence-corrected chi connectivity index (χ4v) is 2.42. The van der Waals surface area contributed by atoms with Crippen molar-refractivity contribution >= 4 is 5.78 Å². The Balaban J connectivity index is 2.14. The Morgan fingerprint density at radius 1 is 1.24 bits per heavy atom. The van der Waals surface area contributed by atoms with E-state index in [1.165, 1.54) is 24.0 Å². The first-order valence-corrected chi connectivity index (χ1v) is 6.46. The molecule has 0 atom stereocenters. The molecule has 1 nitrogen and oxygen atoms in total. The molecule has 0 aromatic heterocycles. The van der Waals surface area contributed by atoms with E-state index in [2.05, 4.69) is 19.1 Å². The van der Waals surface area contributed by atoms with Gasteiger partial charge in [0.1, 0.15) is 0 Å². The number of Topliss-reactive ketones (excluding diaryl/α,β-unsaturated/α-hetero) is 1. The molecule has 0 radical (unpaired) electrons. The summed E-state index contributed by atoms with van der Waals surface area (Å²) in [4.78, 5) is 12.2. The highest BCUT2D eigenvalue weighted by Gasteiger charge is 2.13. The molecular weight excluding hydrogens is 208 g/mol. The second-order valence-corrected chi connectivity index (χ2v) is 4.96. The van der Waals surface area contributed by atoms with Crippen molar-refractivity contribution in [2.75, 3.05) is 0 Å². The van der Waals surface area contributed by atoms with Gasteiger partial charge in [0, 0.05) is 12.0 Å². The Bertz CT molecular complexity index is 455. The number of rotatable bonds is 3. The molecule has 0 spiro atoms. The molecule has 0 bridgehead atoms.